The lowest BCUT2D eigenvalue weighted by Crippen LogP contribution is -2.49. The molecule has 140 valence electrons. The monoisotopic (exact) mass is 360 g/mol. The lowest BCUT2D eigenvalue weighted by Gasteiger charge is -2.37. The van der Waals surface area contributed by atoms with Crippen LogP contribution >= 0.6 is 0 Å². The maximum Gasteiger partial charge on any atom is 0.334 e. The molecule has 7 atom stereocenters. The molecule has 0 aromatic carbocycles. The van der Waals surface area contributed by atoms with Gasteiger partial charge in [0.15, 0.2) is 0 Å². The van der Waals surface area contributed by atoms with E-state index in [0.29, 0.717) is 17.6 Å². The number of hydrogen-bond acceptors (Lipinski definition) is 6. The van der Waals surface area contributed by atoms with Crippen molar-refractivity contribution in [1.82, 2.24) is 0 Å². The number of ether oxygens (including phenoxy) is 3. The molecular weight excluding hydrogens is 336 g/mol. The maximum atomic E-state index is 12.3. The first-order valence-electron chi connectivity index (χ1n) is 8.95. The van der Waals surface area contributed by atoms with Gasteiger partial charge in [-0.15, -0.1) is 0 Å². The van der Waals surface area contributed by atoms with Crippen molar-refractivity contribution in [1.29, 1.82) is 0 Å². The summed E-state index contributed by atoms with van der Waals surface area (Å²) in [6.07, 6.45) is 0.948. The second-order valence-corrected chi connectivity index (χ2v) is 8.04. The van der Waals surface area contributed by atoms with Crippen LogP contribution < -0.4 is 0 Å². The zero-order valence-electron chi connectivity index (χ0n) is 15.3. The Morgan fingerprint density at radius 1 is 1.42 bits per heavy atom. The summed E-state index contributed by atoms with van der Waals surface area (Å²) < 4.78 is 17.1. The lowest BCUT2D eigenvalue weighted by atomic mass is 9.75. The number of allylic oxidation sites excluding steroid dienone is 1. The van der Waals surface area contributed by atoms with Crippen LogP contribution in [0.2, 0.25) is 0 Å². The van der Waals surface area contributed by atoms with E-state index in [1.165, 1.54) is 0 Å². The van der Waals surface area contributed by atoms with Gasteiger partial charge in [-0.2, -0.15) is 0 Å². The molecule has 4 rings (SSSR count). The number of epoxide rings is 1. The Morgan fingerprint density at radius 2 is 2.12 bits per heavy atom. The van der Waals surface area contributed by atoms with Crippen LogP contribution in [0.15, 0.2) is 36.0 Å². The summed E-state index contributed by atoms with van der Waals surface area (Å²) in [6.45, 7) is 13.3. The molecule has 6 nitrogen and oxygen atoms in total. The van der Waals surface area contributed by atoms with Crippen LogP contribution in [0.5, 0.6) is 0 Å². The van der Waals surface area contributed by atoms with Gasteiger partial charge in [-0.25, -0.2) is 9.59 Å². The van der Waals surface area contributed by atoms with Gasteiger partial charge in [0.05, 0.1) is 23.5 Å². The number of carbonyl (C=O) groups is 2. The first kappa shape index (κ1) is 17.5. The Bertz CT molecular complexity index is 766. The molecule has 2 heterocycles. The molecule has 0 bridgehead atoms. The number of aliphatic hydroxyl groups is 1. The summed E-state index contributed by atoms with van der Waals surface area (Å²) >= 11 is 0. The van der Waals surface area contributed by atoms with Gasteiger partial charge in [0, 0.05) is 24.0 Å². The third-order valence-corrected chi connectivity index (χ3v) is 6.67. The van der Waals surface area contributed by atoms with E-state index in [0.717, 1.165) is 0 Å². The highest BCUT2D eigenvalue weighted by molar-refractivity contribution is 5.92. The van der Waals surface area contributed by atoms with Gasteiger partial charge in [0.1, 0.15) is 17.8 Å². The van der Waals surface area contributed by atoms with E-state index in [4.69, 9.17) is 14.2 Å². The summed E-state index contributed by atoms with van der Waals surface area (Å²) in [5.74, 6) is -1.94. The summed E-state index contributed by atoms with van der Waals surface area (Å²) in [5, 5.41) is 11.4. The molecule has 1 N–H and O–H groups in total. The smallest absolute Gasteiger partial charge is 0.334 e. The topological polar surface area (TPSA) is 85.4 Å². The second-order valence-electron chi connectivity index (χ2n) is 8.04. The minimum Gasteiger partial charge on any atom is -0.458 e. The highest BCUT2D eigenvalue weighted by Gasteiger charge is 2.77. The first-order valence-corrected chi connectivity index (χ1v) is 8.95. The Morgan fingerprint density at radius 3 is 2.77 bits per heavy atom. The summed E-state index contributed by atoms with van der Waals surface area (Å²) in [5.41, 5.74) is -0.431. The number of hydrogen-bond donors (Lipinski definition) is 1. The van der Waals surface area contributed by atoms with E-state index in [2.05, 4.69) is 13.2 Å². The predicted octanol–water partition coefficient (Wildman–Crippen LogP) is 1.83. The fourth-order valence-electron chi connectivity index (χ4n) is 4.96. The van der Waals surface area contributed by atoms with Crippen LogP contribution in [-0.2, 0) is 23.8 Å². The number of fused-ring (bicyclic) bond motifs is 5. The number of carbonyl (C=O) groups excluding carboxylic acids is 2. The van der Waals surface area contributed by atoms with E-state index in [-0.39, 0.29) is 18.1 Å². The third-order valence-electron chi connectivity index (χ3n) is 6.67. The molecule has 0 aromatic heterocycles. The summed E-state index contributed by atoms with van der Waals surface area (Å²) in [6, 6.07) is 0. The number of esters is 2. The van der Waals surface area contributed by atoms with Crippen molar-refractivity contribution in [2.75, 3.05) is 0 Å². The van der Waals surface area contributed by atoms with E-state index < -0.39 is 47.2 Å². The predicted molar refractivity (Wildman–Crippen MR) is 91.9 cm³/mol. The molecule has 26 heavy (non-hydrogen) atoms. The van der Waals surface area contributed by atoms with Crippen LogP contribution in [0.4, 0.5) is 0 Å². The zero-order valence-corrected chi connectivity index (χ0v) is 15.3. The summed E-state index contributed by atoms with van der Waals surface area (Å²) in [7, 11) is 0. The fourth-order valence-corrected chi connectivity index (χ4v) is 4.96. The van der Waals surface area contributed by atoms with Crippen LogP contribution in [0, 0.1) is 11.8 Å². The van der Waals surface area contributed by atoms with Gasteiger partial charge < -0.3 is 19.3 Å². The van der Waals surface area contributed by atoms with Crippen LogP contribution in [0.3, 0.4) is 0 Å². The van der Waals surface area contributed by atoms with Gasteiger partial charge in [-0.3, -0.25) is 0 Å². The van der Waals surface area contributed by atoms with Gasteiger partial charge in [-0.1, -0.05) is 19.2 Å². The Hall–Kier alpha value is -1.92. The molecule has 2 aliphatic heterocycles. The van der Waals surface area contributed by atoms with Crippen molar-refractivity contribution in [3.63, 3.8) is 0 Å². The van der Waals surface area contributed by atoms with Crippen molar-refractivity contribution in [3.8, 4) is 0 Å². The maximum absolute atomic E-state index is 12.3. The molecule has 0 unspecified atom stereocenters. The van der Waals surface area contributed by atoms with E-state index >= 15 is 0 Å². The highest BCUT2D eigenvalue weighted by atomic mass is 16.6. The molecule has 0 amide bonds. The van der Waals surface area contributed by atoms with Crippen LogP contribution in [-0.4, -0.2) is 46.6 Å². The van der Waals surface area contributed by atoms with Gasteiger partial charge in [0.25, 0.3) is 0 Å². The third kappa shape index (κ3) is 2.12. The molecule has 4 aliphatic rings. The van der Waals surface area contributed by atoms with Crippen molar-refractivity contribution < 1.29 is 28.9 Å². The zero-order chi connectivity index (χ0) is 19.0. The first-order chi connectivity index (χ1) is 12.1. The average molecular weight is 360 g/mol. The molecule has 0 spiro atoms. The average Bonchev–Trinajstić information content (AvgIpc) is 3.05. The molecular formula is C20H24O6. The van der Waals surface area contributed by atoms with Gasteiger partial charge >= 0.3 is 11.9 Å². The molecule has 2 aliphatic carbocycles. The molecule has 2 saturated carbocycles. The standard InChI is InChI=1S/C20H24O6/c1-6-9(2)17(21)24-12-7-10(3)20(23)8-13-19(5,26-13)16(20)15-14(12)11(4)18(22)25-15/h6,12-16,23H,3-4,7-8H2,1-2,5H3/b9-6-/t12-,13+,14+,15-,16-,19+,20+/m0/s1. The SMILES string of the molecule is C=C1C(=O)O[C@H]2[C@H]1[C@@H](OC(=O)/C(C)=C\C)CC(=C)[C@]1(O)C[C@H]3O[C@@]3(C)[C@H]21. The van der Waals surface area contributed by atoms with Crippen LogP contribution in [0.1, 0.15) is 33.6 Å². The minimum atomic E-state index is -1.21. The number of rotatable bonds is 2. The van der Waals surface area contributed by atoms with Gasteiger partial charge in [-0.05, 0) is 26.3 Å². The lowest BCUT2D eigenvalue weighted by molar-refractivity contribution is -0.152. The Balaban J connectivity index is 1.75. The largest absolute Gasteiger partial charge is 0.458 e. The molecule has 6 heteroatoms. The minimum absolute atomic E-state index is 0.0770. The van der Waals surface area contributed by atoms with E-state index in [1.807, 2.05) is 6.92 Å². The highest BCUT2D eigenvalue weighted by Crippen LogP contribution is 2.65. The van der Waals surface area contributed by atoms with E-state index in [1.54, 1.807) is 19.9 Å². The molecule has 2 saturated heterocycles. The summed E-state index contributed by atoms with van der Waals surface area (Å²) in [4.78, 5) is 24.6. The normalized spacial score (nSPS) is 46.8. The van der Waals surface area contributed by atoms with Gasteiger partial charge in [0.2, 0.25) is 0 Å². The van der Waals surface area contributed by atoms with Crippen molar-refractivity contribution in [3.05, 3.63) is 36.0 Å². The Kier molecular flexibility index (Phi) is 3.57. The molecule has 0 aromatic rings. The van der Waals surface area contributed by atoms with E-state index in [9.17, 15) is 14.7 Å². The Labute approximate surface area is 152 Å². The van der Waals surface area contributed by atoms with Crippen molar-refractivity contribution in [2.45, 2.75) is 63.1 Å². The second kappa shape index (κ2) is 5.30. The van der Waals surface area contributed by atoms with Crippen molar-refractivity contribution in [2.24, 2.45) is 11.8 Å². The van der Waals surface area contributed by atoms with Crippen molar-refractivity contribution >= 4 is 11.9 Å². The fraction of sp³-hybridized carbons (Fsp3) is 0.600. The molecule has 0 radical (unpaired) electrons. The quantitative estimate of drug-likeness (QED) is 0.350. The molecule has 4 fully saturated rings. The van der Waals surface area contributed by atoms with Crippen LogP contribution in [0.25, 0.3) is 0 Å².